The van der Waals surface area contributed by atoms with Crippen LogP contribution in [0.2, 0.25) is 0 Å². The quantitative estimate of drug-likeness (QED) is 0.811. The van der Waals surface area contributed by atoms with Gasteiger partial charge in [0.1, 0.15) is 5.78 Å². The second kappa shape index (κ2) is 5.41. The minimum absolute atomic E-state index is 0.0694. The van der Waals surface area contributed by atoms with Crippen molar-refractivity contribution in [3.63, 3.8) is 0 Å². The largest absolute Gasteiger partial charge is 0.349 e. The van der Waals surface area contributed by atoms with Gasteiger partial charge in [-0.05, 0) is 31.9 Å². The maximum absolute atomic E-state index is 11.8. The molecule has 1 fully saturated rings. The molecule has 3 heteroatoms. The summed E-state index contributed by atoms with van der Waals surface area (Å²) in [5.41, 5.74) is 2.19. The van der Waals surface area contributed by atoms with Crippen molar-refractivity contribution < 1.29 is 4.79 Å². The number of hydrogen-bond acceptors (Lipinski definition) is 2. The molecule has 1 N–H and O–H groups in total. The second-order valence-corrected chi connectivity index (χ2v) is 5.06. The molecule has 1 unspecified atom stereocenters. The van der Waals surface area contributed by atoms with Crippen LogP contribution in [-0.4, -0.2) is 10.8 Å². The van der Waals surface area contributed by atoms with Gasteiger partial charge in [-0.25, -0.2) is 0 Å². The van der Waals surface area contributed by atoms with Gasteiger partial charge < -0.3 is 5.32 Å². The fourth-order valence-corrected chi connectivity index (χ4v) is 2.49. The third kappa shape index (κ3) is 3.13. The summed E-state index contributed by atoms with van der Waals surface area (Å²) in [6.45, 7) is 2.05. The number of rotatable bonds is 2. The summed E-state index contributed by atoms with van der Waals surface area (Å²) < 4.78 is 0. The molecule has 0 heterocycles. The van der Waals surface area contributed by atoms with Crippen molar-refractivity contribution in [2.24, 2.45) is 5.92 Å². The molecule has 0 radical (unpaired) electrons. The van der Waals surface area contributed by atoms with Crippen LogP contribution in [-0.2, 0) is 4.79 Å². The van der Waals surface area contributed by atoms with Gasteiger partial charge in [0.25, 0.3) is 0 Å². The number of ketones is 1. The lowest BCUT2D eigenvalue weighted by Gasteiger charge is -2.22. The van der Waals surface area contributed by atoms with Crippen LogP contribution in [0.3, 0.4) is 0 Å². The van der Waals surface area contributed by atoms with Gasteiger partial charge in [0.2, 0.25) is 0 Å². The first-order valence-corrected chi connectivity index (χ1v) is 6.48. The molecule has 17 heavy (non-hydrogen) atoms. The van der Waals surface area contributed by atoms with Crippen molar-refractivity contribution in [1.29, 1.82) is 0 Å². The fraction of sp³-hybridized carbons (Fsp3) is 0.429. The Hall–Kier alpha value is -1.22. The minimum Gasteiger partial charge on any atom is -0.349 e. The highest BCUT2D eigenvalue weighted by Gasteiger charge is 2.25. The molecule has 2 nitrogen and oxygen atoms in total. The number of aryl methyl sites for hydroxylation is 1. The van der Waals surface area contributed by atoms with E-state index in [-0.39, 0.29) is 5.92 Å². The van der Waals surface area contributed by atoms with Crippen molar-refractivity contribution >= 4 is 28.7 Å². The smallest absolute Gasteiger partial charge is 0.142 e. The zero-order valence-electron chi connectivity index (χ0n) is 10.0. The molecule has 1 aromatic rings. The van der Waals surface area contributed by atoms with Crippen LogP contribution in [0.15, 0.2) is 24.3 Å². The van der Waals surface area contributed by atoms with Crippen LogP contribution in [0.4, 0.5) is 5.69 Å². The summed E-state index contributed by atoms with van der Waals surface area (Å²) in [5.74, 6) is 0.223. The van der Waals surface area contributed by atoms with Crippen LogP contribution >= 0.6 is 12.2 Å². The van der Waals surface area contributed by atoms with Gasteiger partial charge in [0.05, 0.1) is 10.9 Å². The zero-order chi connectivity index (χ0) is 12.3. The van der Waals surface area contributed by atoms with Crippen molar-refractivity contribution in [2.75, 3.05) is 5.32 Å². The van der Waals surface area contributed by atoms with E-state index in [2.05, 4.69) is 5.32 Å². The molecule has 0 aliphatic heterocycles. The zero-order valence-corrected chi connectivity index (χ0v) is 10.8. The molecular formula is C14H17NOS. The summed E-state index contributed by atoms with van der Waals surface area (Å²) >= 11 is 5.33. The molecule has 0 spiro atoms. The Morgan fingerprint density at radius 1 is 1.29 bits per heavy atom. The van der Waals surface area contributed by atoms with Gasteiger partial charge in [0, 0.05) is 12.1 Å². The van der Waals surface area contributed by atoms with E-state index in [9.17, 15) is 4.79 Å². The standard InChI is InChI=1S/C14H17NOS/c1-10-6-8-11(9-7-10)15-14(17)12-4-2-3-5-13(12)16/h6-9,12H,2-5H2,1H3,(H,15,17). The van der Waals surface area contributed by atoms with E-state index in [1.807, 2.05) is 31.2 Å². The van der Waals surface area contributed by atoms with Crippen LogP contribution < -0.4 is 5.32 Å². The maximum atomic E-state index is 11.8. The van der Waals surface area contributed by atoms with Crippen LogP contribution in [0.5, 0.6) is 0 Å². The number of nitrogens with one attached hydrogen (secondary N) is 1. The molecule has 0 aromatic heterocycles. The van der Waals surface area contributed by atoms with E-state index in [0.717, 1.165) is 24.9 Å². The number of benzene rings is 1. The number of anilines is 1. The summed E-state index contributed by atoms with van der Waals surface area (Å²) in [4.78, 5) is 12.4. The van der Waals surface area contributed by atoms with E-state index < -0.39 is 0 Å². The Morgan fingerprint density at radius 2 is 2.00 bits per heavy atom. The topological polar surface area (TPSA) is 29.1 Å². The van der Waals surface area contributed by atoms with Gasteiger partial charge in [-0.2, -0.15) is 0 Å². The van der Waals surface area contributed by atoms with E-state index in [1.54, 1.807) is 0 Å². The molecule has 2 rings (SSSR count). The van der Waals surface area contributed by atoms with E-state index in [1.165, 1.54) is 5.56 Å². The first-order valence-electron chi connectivity index (χ1n) is 6.07. The monoisotopic (exact) mass is 247 g/mol. The summed E-state index contributed by atoms with van der Waals surface area (Å²) in [6.07, 6.45) is 3.70. The third-order valence-electron chi connectivity index (χ3n) is 3.19. The molecule has 1 aliphatic carbocycles. The molecule has 1 aliphatic rings. The maximum Gasteiger partial charge on any atom is 0.142 e. The van der Waals surface area contributed by atoms with Crippen LogP contribution in [0.1, 0.15) is 31.2 Å². The van der Waals surface area contributed by atoms with Gasteiger partial charge in [-0.1, -0.05) is 36.3 Å². The number of Topliss-reactive ketones (excluding diaryl/α,β-unsaturated/α-hetero) is 1. The fourth-order valence-electron chi connectivity index (χ4n) is 2.13. The molecule has 0 bridgehead atoms. The van der Waals surface area contributed by atoms with E-state index in [0.29, 0.717) is 17.2 Å². The lowest BCUT2D eigenvalue weighted by Crippen LogP contribution is -2.30. The highest BCUT2D eigenvalue weighted by Crippen LogP contribution is 2.23. The normalized spacial score (nSPS) is 20.1. The Kier molecular flexibility index (Phi) is 3.89. The van der Waals surface area contributed by atoms with Crippen molar-refractivity contribution in [3.05, 3.63) is 29.8 Å². The average molecular weight is 247 g/mol. The minimum atomic E-state index is -0.0694. The highest BCUT2D eigenvalue weighted by atomic mass is 32.1. The Morgan fingerprint density at radius 3 is 2.65 bits per heavy atom. The van der Waals surface area contributed by atoms with Crippen LogP contribution in [0.25, 0.3) is 0 Å². The average Bonchev–Trinajstić information content (AvgIpc) is 2.32. The Labute approximate surface area is 107 Å². The van der Waals surface area contributed by atoms with Crippen molar-refractivity contribution in [3.8, 4) is 0 Å². The lowest BCUT2D eigenvalue weighted by molar-refractivity contribution is -0.122. The Balaban J connectivity index is 2.00. The molecule has 0 amide bonds. The number of hydrogen-bond donors (Lipinski definition) is 1. The first-order chi connectivity index (χ1) is 8.16. The number of carbonyl (C=O) groups excluding carboxylic acids is 1. The van der Waals surface area contributed by atoms with Crippen molar-refractivity contribution in [1.82, 2.24) is 0 Å². The summed E-state index contributed by atoms with van der Waals surface area (Å²) in [7, 11) is 0. The second-order valence-electron chi connectivity index (χ2n) is 4.62. The molecule has 1 atom stereocenters. The van der Waals surface area contributed by atoms with Gasteiger partial charge in [-0.15, -0.1) is 0 Å². The SMILES string of the molecule is Cc1ccc(NC(=S)C2CCCCC2=O)cc1. The van der Waals surface area contributed by atoms with Gasteiger partial charge in [0.15, 0.2) is 0 Å². The highest BCUT2D eigenvalue weighted by molar-refractivity contribution is 7.80. The summed E-state index contributed by atoms with van der Waals surface area (Å²) in [5, 5.41) is 3.18. The first kappa shape index (κ1) is 12.2. The van der Waals surface area contributed by atoms with Crippen molar-refractivity contribution in [2.45, 2.75) is 32.6 Å². The van der Waals surface area contributed by atoms with E-state index in [4.69, 9.17) is 12.2 Å². The molecular weight excluding hydrogens is 230 g/mol. The van der Waals surface area contributed by atoms with Crippen LogP contribution in [0, 0.1) is 12.8 Å². The number of carbonyl (C=O) groups is 1. The lowest BCUT2D eigenvalue weighted by atomic mass is 9.88. The molecule has 1 saturated carbocycles. The summed E-state index contributed by atoms with van der Waals surface area (Å²) in [6, 6.07) is 8.06. The molecule has 1 aromatic carbocycles. The molecule has 90 valence electrons. The van der Waals surface area contributed by atoms with Gasteiger partial charge in [-0.3, -0.25) is 4.79 Å². The third-order valence-corrected chi connectivity index (χ3v) is 3.58. The predicted molar refractivity (Wildman–Crippen MR) is 74.4 cm³/mol. The van der Waals surface area contributed by atoms with Gasteiger partial charge >= 0.3 is 0 Å². The number of thiocarbonyl (C=S) groups is 1. The van der Waals surface area contributed by atoms with E-state index >= 15 is 0 Å². The Bertz CT molecular complexity index is 424. The molecule has 0 saturated heterocycles. The predicted octanol–water partition coefficient (Wildman–Crippen LogP) is 3.49.